The molecule has 2 amide bonds. The van der Waals surface area contributed by atoms with Crippen LogP contribution >= 0.6 is 0 Å². The summed E-state index contributed by atoms with van der Waals surface area (Å²) in [5.41, 5.74) is -0.308. The molecule has 1 fully saturated rings. The number of rotatable bonds is 9. The Labute approximate surface area is 280 Å². The predicted octanol–water partition coefficient (Wildman–Crippen LogP) is 6.00. The average Bonchev–Trinajstić information content (AvgIpc) is 3.47. The number of carbonyl (C=O) groups excluding carboxylic acids is 2. The molecule has 0 bridgehead atoms. The highest BCUT2D eigenvalue weighted by Crippen LogP contribution is 2.30. The third kappa shape index (κ3) is 9.12. The van der Waals surface area contributed by atoms with E-state index >= 15 is 0 Å². The van der Waals surface area contributed by atoms with Crippen LogP contribution in [-0.4, -0.2) is 71.4 Å². The van der Waals surface area contributed by atoms with Crippen molar-refractivity contribution in [3.05, 3.63) is 78.0 Å². The molecule has 1 aliphatic rings. The van der Waals surface area contributed by atoms with Crippen LogP contribution in [0.4, 0.5) is 22.4 Å². The fourth-order valence-electron chi connectivity index (χ4n) is 5.28. The SMILES string of the molecule is CC(C)(C)OC(=O)N1CCC(CN(CC(=O)NCc2cc(-c3ccc(C(F)(F)F)cn3)ccn2)S(=O)(=O)c2cc3cc(F)ccc3o2)CC1. The van der Waals surface area contributed by atoms with E-state index in [0.717, 1.165) is 28.7 Å². The lowest BCUT2D eigenvalue weighted by atomic mass is 9.97. The van der Waals surface area contributed by atoms with Gasteiger partial charge < -0.3 is 19.4 Å². The molecule has 4 aromatic rings. The Balaban J connectivity index is 1.29. The van der Waals surface area contributed by atoms with Gasteiger partial charge in [-0.3, -0.25) is 14.8 Å². The highest BCUT2D eigenvalue weighted by atomic mass is 32.2. The zero-order chi connectivity index (χ0) is 35.6. The van der Waals surface area contributed by atoms with Gasteiger partial charge in [0.1, 0.15) is 17.0 Å². The number of nitrogens with one attached hydrogen (secondary N) is 1. The average molecular weight is 706 g/mol. The number of hydrogen-bond acceptors (Lipinski definition) is 8. The van der Waals surface area contributed by atoms with Crippen LogP contribution in [-0.2, 0) is 32.3 Å². The number of piperidine rings is 1. The number of likely N-dealkylation sites (tertiary alicyclic amines) is 1. The lowest BCUT2D eigenvalue weighted by Crippen LogP contribution is -2.46. The molecule has 0 saturated carbocycles. The van der Waals surface area contributed by atoms with Crippen LogP contribution in [0.25, 0.3) is 22.2 Å². The summed E-state index contributed by atoms with van der Waals surface area (Å²) in [5.74, 6) is -1.44. The predicted molar refractivity (Wildman–Crippen MR) is 170 cm³/mol. The van der Waals surface area contributed by atoms with Crippen LogP contribution in [0.2, 0.25) is 0 Å². The van der Waals surface area contributed by atoms with Crippen molar-refractivity contribution >= 4 is 33.0 Å². The number of amides is 2. The maximum absolute atomic E-state index is 13.9. The first-order valence-electron chi connectivity index (χ1n) is 15.4. The van der Waals surface area contributed by atoms with Crippen LogP contribution in [0.1, 0.15) is 44.9 Å². The molecule has 0 aliphatic carbocycles. The van der Waals surface area contributed by atoms with Gasteiger partial charge >= 0.3 is 12.3 Å². The number of nitrogens with zero attached hydrogens (tertiary/aromatic N) is 4. The van der Waals surface area contributed by atoms with E-state index in [-0.39, 0.29) is 35.7 Å². The number of benzene rings is 1. The number of furan rings is 1. The molecule has 3 aromatic heterocycles. The molecule has 0 unspecified atom stereocenters. The zero-order valence-corrected chi connectivity index (χ0v) is 27.8. The van der Waals surface area contributed by atoms with Crippen LogP contribution in [0, 0.1) is 11.7 Å². The van der Waals surface area contributed by atoms with Crippen LogP contribution < -0.4 is 5.32 Å². The van der Waals surface area contributed by atoms with E-state index in [9.17, 15) is 35.6 Å². The molecule has 49 heavy (non-hydrogen) atoms. The van der Waals surface area contributed by atoms with Gasteiger partial charge in [0.15, 0.2) is 0 Å². The van der Waals surface area contributed by atoms with Crippen molar-refractivity contribution in [2.75, 3.05) is 26.2 Å². The Morgan fingerprint density at radius 1 is 1.04 bits per heavy atom. The van der Waals surface area contributed by atoms with E-state index in [4.69, 9.17) is 9.15 Å². The summed E-state index contributed by atoms with van der Waals surface area (Å²) in [7, 11) is -4.39. The maximum Gasteiger partial charge on any atom is 0.417 e. The van der Waals surface area contributed by atoms with E-state index in [0.29, 0.717) is 37.2 Å². The fraction of sp³-hybridized carbons (Fsp3) is 0.394. The Morgan fingerprint density at radius 2 is 1.78 bits per heavy atom. The number of halogens is 4. The third-order valence-corrected chi connectivity index (χ3v) is 9.44. The van der Waals surface area contributed by atoms with Crippen molar-refractivity contribution in [3.8, 4) is 11.3 Å². The summed E-state index contributed by atoms with van der Waals surface area (Å²) < 4.78 is 92.4. The van der Waals surface area contributed by atoms with E-state index in [1.54, 1.807) is 37.8 Å². The highest BCUT2D eigenvalue weighted by molar-refractivity contribution is 7.89. The molecule has 0 spiro atoms. The minimum Gasteiger partial charge on any atom is -0.444 e. The second-order valence-corrected chi connectivity index (χ2v) is 14.6. The molecule has 262 valence electrons. The number of sulfonamides is 1. The van der Waals surface area contributed by atoms with Gasteiger partial charge in [-0.15, -0.1) is 0 Å². The Morgan fingerprint density at radius 3 is 2.43 bits per heavy atom. The number of ether oxygens (including phenoxy) is 1. The molecule has 1 N–H and O–H groups in total. The lowest BCUT2D eigenvalue weighted by Gasteiger charge is -2.35. The monoisotopic (exact) mass is 705 g/mol. The van der Waals surface area contributed by atoms with Gasteiger partial charge in [0, 0.05) is 49.0 Å². The van der Waals surface area contributed by atoms with Crippen molar-refractivity contribution in [3.63, 3.8) is 0 Å². The number of pyridine rings is 2. The van der Waals surface area contributed by atoms with Crippen molar-refractivity contribution in [1.29, 1.82) is 0 Å². The van der Waals surface area contributed by atoms with Gasteiger partial charge in [-0.2, -0.15) is 17.5 Å². The number of carbonyl (C=O) groups is 2. The van der Waals surface area contributed by atoms with Gasteiger partial charge in [-0.1, -0.05) is 0 Å². The smallest absolute Gasteiger partial charge is 0.417 e. The maximum atomic E-state index is 13.9. The minimum absolute atomic E-state index is 0.0589. The molecule has 0 atom stereocenters. The molecule has 0 radical (unpaired) electrons. The summed E-state index contributed by atoms with van der Waals surface area (Å²) in [5, 5.41) is 2.43. The minimum atomic E-state index is -4.53. The first-order chi connectivity index (χ1) is 23.0. The zero-order valence-electron chi connectivity index (χ0n) is 27.0. The molecule has 1 aromatic carbocycles. The van der Waals surface area contributed by atoms with E-state index < -0.39 is 56.8 Å². The summed E-state index contributed by atoms with van der Waals surface area (Å²) >= 11 is 0. The molecule has 1 aliphatic heterocycles. The number of alkyl halides is 3. The molecule has 16 heteroatoms. The first kappa shape index (κ1) is 35.7. The Bertz CT molecular complexity index is 1920. The summed E-state index contributed by atoms with van der Waals surface area (Å²) in [6.07, 6.45) is -1.94. The van der Waals surface area contributed by atoms with Crippen molar-refractivity contribution in [2.45, 2.75) is 57.0 Å². The summed E-state index contributed by atoms with van der Waals surface area (Å²) in [6, 6.07) is 10.1. The van der Waals surface area contributed by atoms with Crippen LogP contribution in [0.15, 0.2) is 70.4 Å². The fourth-order valence-corrected chi connectivity index (χ4v) is 6.70. The van der Waals surface area contributed by atoms with Gasteiger partial charge in [0.05, 0.1) is 30.0 Å². The third-order valence-electron chi connectivity index (χ3n) is 7.77. The van der Waals surface area contributed by atoms with Gasteiger partial charge in [-0.25, -0.2) is 17.6 Å². The largest absolute Gasteiger partial charge is 0.444 e. The van der Waals surface area contributed by atoms with Crippen LogP contribution in [0.5, 0.6) is 0 Å². The summed E-state index contributed by atoms with van der Waals surface area (Å²) in [6.45, 7) is 5.21. The molecular formula is C33H35F4N5O6S. The number of hydrogen-bond donors (Lipinski definition) is 1. The molecule has 5 rings (SSSR count). The Hall–Kier alpha value is -4.57. The van der Waals surface area contributed by atoms with Crippen molar-refractivity contribution in [2.24, 2.45) is 5.92 Å². The molecule has 11 nitrogen and oxygen atoms in total. The van der Waals surface area contributed by atoms with E-state index in [2.05, 4.69) is 15.3 Å². The topological polar surface area (TPSA) is 135 Å². The number of fused-ring (bicyclic) bond motifs is 1. The normalized spacial score (nSPS) is 14.7. The summed E-state index contributed by atoms with van der Waals surface area (Å²) in [4.78, 5) is 35.4. The van der Waals surface area contributed by atoms with E-state index in [1.807, 2.05) is 0 Å². The standard InChI is InChI=1S/C33H35F4N5O6S/c1-32(2,3)48-31(44)41-12-9-21(10-13-41)19-42(49(45,46)30-16-23-14-25(34)5-7-28(23)47-30)20-29(43)40-18-26-15-22(8-11-38-26)27-6-4-24(17-39-27)33(35,36)37/h4-8,11,14-17,21H,9-10,12-13,18-20H2,1-3H3,(H,40,43). The first-order valence-corrected chi connectivity index (χ1v) is 16.8. The second kappa shape index (κ2) is 14.1. The second-order valence-electron chi connectivity index (χ2n) is 12.7. The molecular weight excluding hydrogens is 670 g/mol. The molecule has 4 heterocycles. The van der Waals surface area contributed by atoms with Gasteiger partial charge in [0.2, 0.25) is 11.0 Å². The number of aromatic nitrogens is 2. The quantitative estimate of drug-likeness (QED) is 0.210. The van der Waals surface area contributed by atoms with E-state index in [1.165, 1.54) is 24.4 Å². The van der Waals surface area contributed by atoms with Crippen LogP contribution in [0.3, 0.4) is 0 Å². The van der Waals surface area contributed by atoms with Gasteiger partial charge in [0.25, 0.3) is 10.0 Å². The lowest BCUT2D eigenvalue weighted by molar-refractivity contribution is -0.137. The van der Waals surface area contributed by atoms with Crippen molar-refractivity contribution in [1.82, 2.24) is 24.5 Å². The van der Waals surface area contributed by atoms with Gasteiger partial charge in [-0.05, 0) is 82.0 Å². The van der Waals surface area contributed by atoms with Crippen molar-refractivity contribution < 1.29 is 44.7 Å². The Kier molecular flexibility index (Phi) is 10.3. The molecule has 1 saturated heterocycles. The highest BCUT2D eigenvalue weighted by Gasteiger charge is 2.35.